The Balaban J connectivity index is 2.12. The number of aromatic nitrogens is 1. The van der Waals surface area contributed by atoms with Crippen molar-refractivity contribution in [2.75, 3.05) is 0 Å². The van der Waals surface area contributed by atoms with E-state index in [9.17, 15) is 4.39 Å². The Hall–Kier alpha value is -0.960. The first-order valence-corrected chi connectivity index (χ1v) is 4.73. The Morgan fingerprint density at radius 3 is 3.31 bits per heavy atom. The number of fused-ring (bicyclic) bond motifs is 4. The Kier molecular flexibility index (Phi) is 1.44. The zero-order chi connectivity index (χ0) is 8.84. The smallest absolute Gasteiger partial charge is 0.141 e. The molecule has 2 nitrogen and oxygen atoms in total. The SMILES string of the molecule is Fc1cnc2c(c1)C[C@@H]1CC[C@H]2N1. The second-order valence-electron chi connectivity index (χ2n) is 3.90. The average molecular weight is 178 g/mol. The van der Waals surface area contributed by atoms with E-state index in [2.05, 4.69) is 10.3 Å². The van der Waals surface area contributed by atoms with Gasteiger partial charge < -0.3 is 5.32 Å². The molecular weight excluding hydrogens is 167 g/mol. The van der Waals surface area contributed by atoms with Crippen LogP contribution in [0.25, 0.3) is 0 Å². The van der Waals surface area contributed by atoms with Crippen LogP contribution in [0.1, 0.15) is 30.1 Å². The van der Waals surface area contributed by atoms with Gasteiger partial charge in [0.05, 0.1) is 17.9 Å². The van der Waals surface area contributed by atoms with Gasteiger partial charge in [0.25, 0.3) is 0 Å². The lowest BCUT2D eigenvalue weighted by atomic mass is 10.0. The van der Waals surface area contributed by atoms with Gasteiger partial charge in [0, 0.05) is 6.04 Å². The molecule has 0 radical (unpaired) electrons. The molecule has 2 aliphatic heterocycles. The van der Waals surface area contributed by atoms with E-state index in [-0.39, 0.29) is 5.82 Å². The van der Waals surface area contributed by atoms with Crippen LogP contribution in [0.15, 0.2) is 12.3 Å². The summed E-state index contributed by atoms with van der Waals surface area (Å²) in [6, 6.07) is 2.57. The second-order valence-corrected chi connectivity index (χ2v) is 3.90. The maximum Gasteiger partial charge on any atom is 0.141 e. The summed E-state index contributed by atoms with van der Waals surface area (Å²) in [6.07, 6.45) is 4.61. The van der Waals surface area contributed by atoms with Crippen LogP contribution in [-0.2, 0) is 6.42 Å². The molecule has 2 atom stereocenters. The maximum absolute atomic E-state index is 12.9. The highest BCUT2D eigenvalue weighted by atomic mass is 19.1. The molecule has 0 amide bonds. The largest absolute Gasteiger partial charge is 0.305 e. The second kappa shape index (κ2) is 2.51. The van der Waals surface area contributed by atoms with E-state index in [0.717, 1.165) is 24.1 Å². The molecule has 0 aromatic carbocycles. The van der Waals surface area contributed by atoms with Crippen molar-refractivity contribution in [3.05, 3.63) is 29.3 Å². The monoisotopic (exact) mass is 178 g/mol. The highest BCUT2D eigenvalue weighted by Gasteiger charge is 2.32. The Morgan fingerprint density at radius 2 is 2.38 bits per heavy atom. The van der Waals surface area contributed by atoms with Gasteiger partial charge in [0.1, 0.15) is 5.82 Å². The number of pyridine rings is 1. The third-order valence-electron chi connectivity index (χ3n) is 3.01. The normalized spacial score (nSPS) is 30.2. The lowest BCUT2D eigenvalue weighted by Crippen LogP contribution is -2.32. The molecule has 0 saturated carbocycles. The molecule has 3 rings (SSSR count). The van der Waals surface area contributed by atoms with E-state index in [1.807, 2.05) is 0 Å². The van der Waals surface area contributed by atoms with Gasteiger partial charge >= 0.3 is 0 Å². The molecule has 0 spiro atoms. The third kappa shape index (κ3) is 1.07. The summed E-state index contributed by atoms with van der Waals surface area (Å²) in [5, 5.41) is 3.48. The Labute approximate surface area is 76.2 Å². The van der Waals surface area contributed by atoms with Crippen LogP contribution >= 0.6 is 0 Å². The summed E-state index contributed by atoms with van der Waals surface area (Å²) in [5.41, 5.74) is 2.17. The number of rotatable bonds is 0. The summed E-state index contributed by atoms with van der Waals surface area (Å²) in [7, 11) is 0. The Bertz CT molecular complexity index is 351. The van der Waals surface area contributed by atoms with Crippen LogP contribution in [0.4, 0.5) is 4.39 Å². The van der Waals surface area contributed by atoms with Crippen molar-refractivity contribution in [3.8, 4) is 0 Å². The summed E-state index contributed by atoms with van der Waals surface area (Å²) in [5.74, 6) is -0.208. The fourth-order valence-corrected chi connectivity index (χ4v) is 2.43. The first-order valence-electron chi connectivity index (χ1n) is 4.73. The quantitative estimate of drug-likeness (QED) is 0.652. The standard InChI is InChI=1S/C10H11FN2/c11-7-3-6-4-8-1-2-9(13-8)10(6)12-5-7/h3,5,8-9,13H,1-2,4H2/t8-,9+/m0/s1. The lowest BCUT2D eigenvalue weighted by Gasteiger charge is -2.23. The van der Waals surface area contributed by atoms with Gasteiger partial charge in [-0.1, -0.05) is 0 Å². The van der Waals surface area contributed by atoms with Gasteiger partial charge in [0.15, 0.2) is 0 Å². The molecular formula is C10H11FN2. The van der Waals surface area contributed by atoms with Gasteiger partial charge in [-0.25, -0.2) is 4.39 Å². The van der Waals surface area contributed by atoms with Crippen molar-refractivity contribution in [2.24, 2.45) is 0 Å². The average Bonchev–Trinajstić information content (AvgIpc) is 2.48. The number of hydrogen-bond acceptors (Lipinski definition) is 2. The summed E-state index contributed by atoms with van der Waals surface area (Å²) in [4.78, 5) is 4.16. The van der Waals surface area contributed by atoms with Gasteiger partial charge in [0.2, 0.25) is 0 Å². The summed E-state index contributed by atoms with van der Waals surface area (Å²) in [6.45, 7) is 0. The van der Waals surface area contributed by atoms with E-state index in [1.165, 1.54) is 12.6 Å². The van der Waals surface area contributed by atoms with E-state index in [4.69, 9.17) is 0 Å². The van der Waals surface area contributed by atoms with Crippen LogP contribution in [0.5, 0.6) is 0 Å². The molecule has 1 N–H and O–H groups in total. The molecule has 68 valence electrons. The van der Waals surface area contributed by atoms with Gasteiger partial charge in [-0.15, -0.1) is 0 Å². The highest BCUT2D eigenvalue weighted by molar-refractivity contribution is 5.29. The molecule has 1 fully saturated rings. The van der Waals surface area contributed by atoms with E-state index in [1.54, 1.807) is 6.07 Å². The first kappa shape index (κ1) is 7.44. The predicted molar refractivity (Wildman–Crippen MR) is 46.8 cm³/mol. The van der Waals surface area contributed by atoms with Gasteiger partial charge in [-0.05, 0) is 30.9 Å². The van der Waals surface area contributed by atoms with Crippen LogP contribution in [0.2, 0.25) is 0 Å². The van der Waals surface area contributed by atoms with E-state index in [0.29, 0.717) is 12.1 Å². The molecule has 0 aliphatic carbocycles. The minimum absolute atomic E-state index is 0.208. The third-order valence-corrected chi connectivity index (χ3v) is 3.01. The van der Waals surface area contributed by atoms with Crippen LogP contribution in [0.3, 0.4) is 0 Å². The number of nitrogens with one attached hydrogen (secondary N) is 1. The summed E-state index contributed by atoms with van der Waals surface area (Å²) >= 11 is 0. The molecule has 3 heteroatoms. The van der Waals surface area contributed by atoms with Crippen molar-refractivity contribution >= 4 is 0 Å². The molecule has 1 aromatic heterocycles. The van der Waals surface area contributed by atoms with Gasteiger partial charge in [-0.3, -0.25) is 4.98 Å². The summed E-state index contributed by atoms with van der Waals surface area (Å²) < 4.78 is 12.9. The topological polar surface area (TPSA) is 24.9 Å². The number of halogens is 1. The van der Waals surface area contributed by atoms with Crippen LogP contribution < -0.4 is 5.32 Å². The molecule has 1 aromatic rings. The molecule has 2 bridgehead atoms. The van der Waals surface area contributed by atoms with Crippen molar-refractivity contribution in [1.82, 2.24) is 10.3 Å². The predicted octanol–water partition coefficient (Wildman–Crippen LogP) is 1.57. The first-order chi connectivity index (χ1) is 6.33. The fraction of sp³-hybridized carbons (Fsp3) is 0.500. The molecule has 2 aliphatic rings. The zero-order valence-corrected chi connectivity index (χ0v) is 7.26. The molecule has 0 unspecified atom stereocenters. The zero-order valence-electron chi connectivity index (χ0n) is 7.26. The van der Waals surface area contributed by atoms with E-state index >= 15 is 0 Å². The van der Waals surface area contributed by atoms with E-state index < -0.39 is 0 Å². The minimum Gasteiger partial charge on any atom is -0.305 e. The maximum atomic E-state index is 12.9. The van der Waals surface area contributed by atoms with Crippen LogP contribution in [-0.4, -0.2) is 11.0 Å². The van der Waals surface area contributed by atoms with Gasteiger partial charge in [-0.2, -0.15) is 0 Å². The van der Waals surface area contributed by atoms with Crippen molar-refractivity contribution in [3.63, 3.8) is 0 Å². The fourth-order valence-electron chi connectivity index (χ4n) is 2.43. The Morgan fingerprint density at radius 1 is 1.46 bits per heavy atom. The van der Waals surface area contributed by atoms with Crippen molar-refractivity contribution in [1.29, 1.82) is 0 Å². The highest BCUT2D eigenvalue weighted by Crippen LogP contribution is 2.34. The minimum atomic E-state index is -0.208. The van der Waals surface area contributed by atoms with Crippen LogP contribution in [0, 0.1) is 5.82 Å². The number of hydrogen-bond donors (Lipinski definition) is 1. The lowest BCUT2D eigenvalue weighted by molar-refractivity contribution is 0.497. The number of nitrogens with zero attached hydrogens (tertiary/aromatic N) is 1. The van der Waals surface area contributed by atoms with Crippen molar-refractivity contribution < 1.29 is 4.39 Å². The van der Waals surface area contributed by atoms with Crippen molar-refractivity contribution in [2.45, 2.75) is 31.3 Å². The molecule has 3 heterocycles. The molecule has 1 saturated heterocycles. The molecule has 13 heavy (non-hydrogen) atoms.